The van der Waals surface area contributed by atoms with Gasteiger partial charge in [-0.3, -0.25) is 14.2 Å². The molecule has 8 heteroatoms. The molecule has 140 valence electrons. The van der Waals surface area contributed by atoms with Gasteiger partial charge < -0.3 is 14.5 Å². The summed E-state index contributed by atoms with van der Waals surface area (Å²) in [4.78, 5) is 35.7. The van der Waals surface area contributed by atoms with Crippen molar-refractivity contribution >= 4 is 44.6 Å². The number of aromatic nitrogens is 1. The number of nitrogens with one attached hydrogen (secondary N) is 1. The molecule has 0 bridgehead atoms. The molecule has 3 aromatic rings. The van der Waals surface area contributed by atoms with E-state index in [-0.39, 0.29) is 13.0 Å². The van der Waals surface area contributed by atoms with Crippen molar-refractivity contribution in [1.82, 2.24) is 4.57 Å². The van der Waals surface area contributed by atoms with Gasteiger partial charge in [-0.15, -0.1) is 0 Å². The minimum atomic E-state index is -0.578. The van der Waals surface area contributed by atoms with Crippen molar-refractivity contribution in [2.45, 2.75) is 19.9 Å². The summed E-state index contributed by atoms with van der Waals surface area (Å²) < 4.78 is 12.2. The van der Waals surface area contributed by atoms with Gasteiger partial charge in [0.15, 0.2) is 12.2 Å². The predicted octanol–water partition coefficient (Wildman–Crippen LogP) is 3.24. The second-order valence-corrected chi connectivity index (χ2v) is 6.78. The molecule has 1 aromatic heterocycles. The molecular formula is C19H17BrN2O5. The molecule has 0 aliphatic rings. The van der Waals surface area contributed by atoms with Crippen LogP contribution in [-0.4, -0.2) is 23.1 Å². The number of amides is 1. The fourth-order valence-electron chi connectivity index (χ4n) is 2.55. The lowest BCUT2D eigenvalue weighted by Crippen LogP contribution is -2.22. The van der Waals surface area contributed by atoms with Crippen molar-refractivity contribution in [1.29, 1.82) is 0 Å². The largest absolute Gasteiger partial charge is 0.456 e. The summed E-state index contributed by atoms with van der Waals surface area (Å²) in [6.07, 6.45) is -0.0507. The van der Waals surface area contributed by atoms with Crippen molar-refractivity contribution in [2.75, 3.05) is 11.9 Å². The van der Waals surface area contributed by atoms with Gasteiger partial charge >= 0.3 is 11.7 Å². The van der Waals surface area contributed by atoms with Crippen LogP contribution < -0.4 is 11.1 Å². The Balaban J connectivity index is 1.51. The van der Waals surface area contributed by atoms with E-state index in [2.05, 4.69) is 21.2 Å². The number of rotatable bonds is 6. The van der Waals surface area contributed by atoms with Crippen molar-refractivity contribution in [3.63, 3.8) is 0 Å². The van der Waals surface area contributed by atoms with Crippen LogP contribution in [0.3, 0.4) is 0 Å². The molecule has 0 radical (unpaired) electrons. The predicted molar refractivity (Wildman–Crippen MR) is 104 cm³/mol. The van der Waals surface area contributed by atoms with Crippen LogP contribution in [0.15, 0.2) is 56.1 Å². The van der Waals surface area contributed by atoms with Gasteiger partial charge in [0.25, 0.3) is 5.91 Å². The van der Waals surface area contributed by atoms with Gasteiger partial charge in [0.2, 0.25) is 0 Å². The van der Waals surface area contributed by atoms with Crippen LogP contribution in [0, 0.1) is 6.92 Å². The fourth-order valence-corrected chi connectivity index (χ4v) is 3.15. The number of hydrogen-bond donors (Lipinski definition) is 1. The third kappa shape index (κ3) is 4.65. The Morgan fingerprint density at radius 2 is 2.00 bits per heavy atom. The molecule has 0 aliphatic carbocycles. The Labute approximate surface area is 163 Å². The van der Waals surface area contributed by atoms with E-state index in [1.807, 2.05) is 19.1 Å². The maximum atomic E-state index is 11.9. The van der Waals surface area contributed by atoms with E-state index >= 15 is 0 Å². The molecular weight excluding hydrogens is 416 g/mol. The van der Waals surface area contributed by atoms with Gasteiger partial charge in [-0.25, -0.2) is 4.79 Å². The number of ether oxygens (including phenoxy) is 1. The third-order valence-electron chi connectivity index (χ3n) is 3.88. The molecule has 1 N–H and O–H groups in total. The monoisotopic (exact) mass is 432 g/mol. The van der Waals surface area contributed by atoms with Crippen LogP contribution in [0.25, 0.3) is 11.1 Å². The first-order valence-corrected chi connectivity index (χ1v) is 9.03. The fraction of sp³-hybridized carbons (Fsp3) is 0.211. The van der Waals surface area contributed by atoms with Crippen LogP contribution in [-0.2, 0) is 20.9 Å². The Hall–Kier alpha value is -2.87. The number of esters is 1. The van der Waals surface area contributed by atoms with Crippen LogP contribution in [0.1, 0.15) is 12.0 Å². The van der Waals surface area contributed by atoms with Crippen LogP contribution in [0.5, 0.6) is 0 Å². The molecule has 0 saturated carbocycles. The maximum absolute atomic E-state index is 11.9. The molecule has 0 fully saturated rings. The quantitative estimate of drug-likeness (QED) is 0.603. The molecule has 27 heavy (non-hydrogen) atoms. The van der Waals surface area contributed by atoms with E-state index in [4.69, 9.17) is 9.15 Å². The highest BCUT2D eigenvalue weighted by Gasteiger charge is 2.13. The highest BCUT2D eigenvalue weighted by atomic mass is 79.9. The molecule has 3 rings (SSSR count). The van der Waals surface area contributed by atoms with Gasteiger partial charge in [-0.1, -0.05) is 18.2 Å². The summed E-state index contributed by atoms with van der Waals surface area (Å²) in [6.45, 7) is 1.65. The molecule has 2 aromatic carbocycles. The highest BCUT2D eigenvalue weighted by Crippen LogP contribution is 2.23. The Kier molecular flexibility index (Phi) is 5.75. The van der Waals surface area contributed by atoms with E-state index in [0.29, 0.717) is 16.8 Å². The average molecular weight is 433 g/mol. The van der Waals surface area contributed by atoms with E-state index in [1.165, 1.54) is 4.57 Å². The summed E-state index contributed by atoms with van der Waals surface area (Å²) in [5.74, 6) is -1.56. The first-order chi connectivity index (χ1) is 12.9. The lowest BCUT2D eigenvalue weighted by Gasteiger charge is -2.09. The SMILES string of the molecule is Cc1ccc(NC(=O)COC(=O)CCn2c(=O)oc3ccccc32)c(Br)c1. The van der Waals surface area contributed by atoms with E-state index in [9.17, 15) is 14.4 Å². The summed E-state index contributed by atoms with van der Waals surface area (Å²) in [5, 5.41) is 2.66. The zero-order chi connectivity index (χ0) is 19.4. The Bertz CT molecular complexity index is 1050. The van der Waals surface area contributed by atoms with Crippen molar-refractivity contribution in [3.8, 4) is 0 Å². The Morgan fingerprint density at radius 3 is 2.78 bits per heavy atom. The first kappa shape index (κ1) is 18.9. The van der Waals surface area contributed by atoms with Gasteiger partial charge in [0.1, 0.15) is 0 Å². The third-order valence-corrected chi connectivity index (χ3v) is 4.53. The van der Waals surface area contributed by atoms with Gasteiger partial charge in [-0.2, -0.15) is 0 Å². The van der Waals surface area contributed by atoms with E-state index in [0.717, 1.165) is 10.0 Å². The van der Waals surface area contributed by atoms with Crippen LogP contribution in [0.4, 0.5) is 5.69 Å². The lowest BCUT2D eigenvalue weighted by atomic mass is 10.2. The smallest absolute Gasteiger partial charge is 0.419 e. The van der Waals surface area contributed by atoms with Crippen molar-refractivity contribution in [3.05, 3.63) is 63.1 Å². The molecule has 0 saturated heterocycles. The maximum Gasteiger partial charge on any atom is 0.419 e. The number of para-hydroxylation sites is 2. The van der Waals surface area contributed by atoms with Crippen LogP contribution >= 0.6 is 15.9 Å². The highest BCUT2D eigenvalue weighted by molar-refractivity contribution is 9.10. The Morgan fingerprint density at radius 1 is 1.22 bits per heavy atom. The lowest BCUT2D eigenvalue weighted by molar-refractivity contribution is -0.147. The summed E-state index contributed by atoms with van der Waals surface area (Å²) in [6, 6.07) is 12.4. The van der Waals surface area contributed by atoms with Gasteiger partial charge in [-0.05, 0) is 52.7 Å². The molecule has 7 nitrogen and oxygen atoms in total. The molecule has 1 amide bonds. The number of hydrogen-bond acceptors (Lipinski definition) is 5. The summed E-state index contributed by atoms with van der Waals surface area (Å²) >= 11 is 3.37. The number of carbonyl (C=O) groups is 2. The zero-order valence-corrected chi connectivity index (χ0v) is 16.1. The number of anilines is 1. The second-order valence-electron chi connectivity index (χ2n) is 5.93. The summed E-state index contributed by atoms with van der Waals surface area (Å²) in [7, 11) is 0. The topological polar surface area (TPSA) is 90.5 Å². The van der Waals surface area contributed by atoms with Gasteiger partial charge in [0, 0.05) is 11.0 Å². The number of oxazole rings is 1. The molecule has 0 unspecified atom stereocenters. The van der Waals surface area contributed by atoms with Crippen molar-refractivity contribution < 1.29 is 18.7 Å². The second kappa shape index (κ2) is 8.22. The van der Waals surface area contributed by atoms with E-state index in [1.54, 1.807) is 30.3 Å². The normalized spacial score (nSPS) is 10.7. The van der Waals surface area contributed by atoms with E-state index < -0.39 is 24.2 Å². The minimum absolute atomic E-state index is 0.0507. The number of benzene rings is 2. The van der Waals surface area contributed by atoms with Gasteiger partial charge in [0.05, 0.1) is 17.6 Å². The number of fused-ring (bicyclic) bond motifs is 1. The zero-order valence-electron chi connectivity index (χ0n) is 14.5. The number of nitrogens with zero attached hydrogens (tertiary/aromatic N) is 1. The summed E-state index contributed by atoms with van der Waals surface area (Å²) in [5.41, 5.74) is 2.71. The molecule has 1 heterocycles. The molecule has 0 aliphatic heterocycles. The first-order valence-electron chi connectivity index (χ1n) is 8.24. The standard InChI is InChI=1S/C19H17BrN2O5/c1-12-6-7-14(13(20)10-12)21-17(23)11-26-18(24)8-9-22-15-4-2-3-5-16(15)27-19(22)25/h2-7,10H,8-9,11H2,1H3,(H,21,23). The number of halogens is 1. The average Bonchev–Trinajstić information content (AvgIpc) is 2.95. The van der Waals surface area contributed by atoms with Crippen molar-refractivity contribution in [2.24, 2.45) is 0 Å². The number of aryl methyl sites for hydroxylation is 2. The number of carbonyl (C=O) groups excluding carboxylic acids is 2. The molecule has 0 spiro atoms. The minimum Gasteiger partial charge on any atom is -0.456 e. The van der Waals surface area contributed by atoms with Crippen LogP contribution in [0.2, 0.25) is 0 Å². The molecule has 0 atom stereocenters.